The van der Waals surface area contributed by atoms with Gasteiger partial charge in [-0.15, -0.1) is 0 Å². The van der Waals surface area contributed by atoms with Gasteiger partial charge in [0.25, 0.3) is 0 Å². The minimum atomic E-state index is -0.332. The van der Waals surface area contributed by atoms with Crippen molar-refractivity contribution >= 4 is 11.9 Å². The molecule has 6 nitrogen and oxygen atoms in total. The molecule has 0 radical (unpaired) electrons. The van der Waals surface area contributed by atoms with Crippen LogP contribution in [-0.4, -0.2) is 47.1 Å². The summed E-state index contributed by atoms with van der Waals surface area (Å²) in [5.74, 6) is -0.0933. The monoisotopic (exact) mass is 380 g/mol. The van der Waals surface area contributed by atoms with Crippen molar-refractivity contribution in [2.24, 2.45) is 5.92 Å². The molecule has 2 bridgehead atoms. The van der Waals surface area contributed by atoms with Crippen LogP contribution >= 0.6 is 0 Å². The molecule has 2 aromatic rings. The number of morpholine rings is 1. The second-order valence-corrected chi connectivity index (χ2v) is 7.49. The Hall–Kier alpha value is -2.73. The molecular formula is C22H24N2O4. The van der Waals surface area contributed by atoms with Crippen LogP contribution in [0.5, 0.6) is 0 Å². The average molecular weight is 380 g/mol. The van der Waals surface area contributed by atoms with E-state index in [-0.39, 0.29) is 36.5 Å². The molecule has 2 atom stereocenters. The lowest BCUT2D eigenvalue weighted by Gasteiger charge is -2.47. The number of carbonyl (C=O) groups is 2. The predicted molar refractivity (Wildman–Crippen MR) is 103 cm³/mol. The van der Waals surface area contributed by atoms with Gasteiger partial charge < -0.3 is 9.47 Å². The van der Waals surface area contributed by atoms with E-state index in [4.69, 9.17) is 9.47 Å². The predicted octanol–water partition coefficient (Wildman–Crippen LogP) is 3.39. The van der Waals surface area contributed by atoms with Crippen LogP contribution in [0, 0.1) is 12.8 Å². The summed E-state index contributed by atoms with van der Waals surface area (Å²) in [6, 6.07) is 14.8. The largest absolute Gasteiger partial charge is 0.445 e. The molecule has 1 aromatic heterocycles. The van der Waals surface area contributed by atoms with Crippen molar-refractivity contribution in [2.75, 3.05) is 13.2 Å². The Morgan fingerprint density at radius 3 is 2.46 bits per heavy atom. The van der Waals surface area contributed by atoms with Crippen molar-refractivity contribution in [3.63, 3.8) is 0 Å². The van der Waals surface area contributed by atoms with E-state index in [1.807, 2.05) is 49.4 Å². The van der Waals surface area contributed by atoms with E-state index in [9.17, 15) is 9.59 Å². The fourth-order valence-electron chi connectivity index (χ4n) is 4.11. The number of benzene rings is 1. The lowest BCUT2D eigenvalue weighted by Crippen LogP contribution is -2.60. The van der Waals surface area contributed by atoms with Crippen molar-refractivity contribution in [1.82, 2.24) is 9.88 Å². The van der Waals surface area contributed by atoms with Gasteiger partial charge in [0.15, 0.2) is 5.78 Å². The topological polar surface area (TPSA) is 68.7 Å². The number of nitrogens with zero attached hydrogens (tertiary/aromatic N) is 2. The number of Topliss-reactive ketones (excluding diaryl/α,β-unsaturated/α-hetero) is 1. The summed E-state index contributed by atoms with van der Waals surface area (Å²) in [4.78, 5) is 31.8. The minimum absolute atomic E-state index is 0.0536. The molecule has 3 heterocycles. The molecule has 0 aliphatic carbocycles. The lowest BCUT2D eigenvalue weighted by atomic mass is 9.82. The minimum Gasteiger partial charge on any atom is -0.445 e. The van der Waals surface area contributed by atoms with Gasteiger partial charge >= 0.3 is 6.09 Å². The van der Waals surface area contributed by atoms with Crippen LogP contribution in [0.25, 0.3) is 0 Å². The first-order valence-electron chi connectivity index (χ1n) is 9.66. The number of carbonyl (C=O) groups excluding carboxylic acids is 2. The Kier molecular flexibility index (Phi) is 5.39. The van der Waals surface area contributed by atoms with E-state index >= 15 is 0 Å². The van der Waals surface area contributed by atoms with Gasteiger partial charge in [-0.3, -0.25) is 14.7 Å². The summed E-state index contributed by atoms with van der Waals surface area (Å²) >= 11 is 0. The molecule has 1 aromatic carbocycles. The average Bonchev–Trinajstić information content (AvgIpc) is 2.71. The molecular weight excluding hydrogens is 356 g/mol. The fourth-order valence-corrected chi connectivity index (χ4v) is 4.11. The third-order valence-corrected chi connectivity index (χ3v) is 5.45. The van der Waals surface area contributed by atoms with Crippen LogP contribution < -0.4 is 0 Å². The molecule has 2 fully saturated rings. The van der Waals surface area contributed by atoms with Gasteiger partial charge in [-0.25, -0.2) is 4.79 Å². The van der Waals surface area contributed by atoms with Crippen molar-refractivity contribution in [2.45, 2.75) is 38.5 Å². The highest BCUT2D eigenvalue weighted by Gasteiger charge is 2.44. The SMILES string of the molecule is Cc1cccc(C(=O)C2CC3COCC(C2)N3C(=O)OCc2ccccc2)n1. The van der Waals surface area contributed by atoms with E-state index in [0.717, 1.165) is 11.3 Å². The summed E-state index contributed by atoms with van der Waals surface area (Å²) in [5.41, 5.74) is 2.29. The van der Waals surface area contributed by atoms with Crippen molar-refractivity contribution in [1.29, 1.82) is 0 Å². The fraction of sp³-hybridized carbons (Fsp3) is 0.409. The van der Waals surface area contributed by atoms with Gasteiger partial charge in [-0.2, -0.15) is 0 Å². The zero-order valence-electron chi connectivity index (χ0n) is 15.9. The zero-order valence-corrected chi connectivity index (χ0v) is 15.9. The highest BCUT2D eigenvalue weighted by Crippen LogP contribution is 2.34. The van der Waals surface area contributed by atoms with Crippen molar-refractivity contribution < 1.29 is 19.1 Å². The van der Waals surface area contributed by atoms with Crippen LogP contribution in [0.1, 0.15) is 34.6 Å². The quantitative estimate of drug-likeness (QED) is 0.761. The summed E-state index contributed by atoms with van der Waals surface area (Å²) in [6.07, 6.45) is 0.818. The van der Waals surface area contributed by atoms with Crippen LogP contribution in [0.2, 0.25) is 0 Å². The number of amides is 1. The number of ketones is 1. The molecule has 1 amide bonds. The van der Waals surface area contributed by atoms with E-state index < -0.39 is 0 Å². The maximum Gasteiger partial charge on any atom is 0.410 e. The number of aromatic nitrogens is 1. The number of aryl methyl sites for hydroxylation is 1. The first-order chi connectivity index (χ1) is 13.6. The Bertz CT molecular complexity index is 841. The highest BCUT2D eigenvalue weighted by atomic mass is 16.6. The molecule has 2 aliphatic heterocycles. The smallest absolute Gasteiger partial charge is 0.410 e. The first kappa shape index (κ1) is 18.6. The number of pyridine rings is 1. The molecule has 2 aliphatic rings. The van der Waals surface area contributed by atoms with Crippen molar-refractivity contribution in [3.05, 3.63) is 65.5 Å². The Labute approximate surface area is 164 Å². The molecule has 0 saturated carbocycles. The molecule has 0 N–H and O–H groups in total. The second-order valence-electron chi connectivity index (χ2n) is 7.49. The Morgan fingerprint density at radius 2 is 1.79 bits per heavy atom. The number of ether oxygens (including phenoxy) is 2. The number of rotatable bonds is 4. The molecule has 2 saturated heterocycles. The normalized spacial score (nSPS) is 23.9. The summed E-state index contributed by atoms with van der Waals surface area (Å²) in [5, 5.41) is 0. The van der Waals surface area contributed by atoms with E-state index in [0.29, 0.717) is 31.7 Å². The van der Waals surface area contributed by atoms with Gasteiger partial charge in [-0.1, -0.05) is 36.4 Å². The van der Waals surface area contributed by atoms with Crippen LogP contribution in [-0.2, 0) is 16.1 Å². The van der Waals surface area contributed by atoms with Crippen molar-refractivity contribution in [3.8, 4) is 0 Å². The number of hydrogen-bond acceptors (Lipinski definition) is 5. The third kappa shape index (κ3) is 3.92. The number of piperidine rings is 1. The van der Waals surface area contributed by atoms with Gasteiger partial charge in [0.05, 0.1) is 25.3 Å². The second kappa shape index (κ2) is 8.10. The van der Waals surface area contributed by atoms with Crippen LogP contribution in [0.15, 0.2) is 48.5 Å². The summed E-state index contributed by atoms with van der Waals surface area (Å²) < 4.78 is 11.2. The molecule has 0 spiro atoms. The number of hydrogen-bond donors (Lipinski definition) is 0. The van der Waals surface area contributed by atoms with Crippen LogP contribution in [0.3, 0.4) is 0 Å². The van der Waals surface area contributed by atoms with E-state index in [1.54, 1.807) is 11.0 Å². The molecule has 4 rings (SSSR count). The van der Waals surface area contributed by atoms with Gasteiger partial charge in [0.2, 0.25) is 0 Å². The Balaban J connectivity index is 1.43. The summed E-state index contributed by atoms with van der Waals surface area (Å²) in [6.45, 7) is 2.99. The van der Waals surface area contributed by atoms with E-state index in [2.05, 4.69) is 4.98 Å². The van der Waals surface area contributed by atoms with Gasteiger partial charge in [0, 0.05) is 11.6 Å². The van der Waals surface area contributed by atoms with E-state index in [1.165, 1.54) is 0 Å². The number of fused-ring (bicyclic) bond motifs is 2. The molecule has 146 valence electrons. The highest BCUT2D eigenvalue weighted by molar-refractivity contribution is 5.96. The zero-order chi connectivity index (χ0) is 19.5. The molecule has 2 unspecified atom stereocenters. The standard InChI is InChI=1S/C22H24N2O4/c1-15-6-5-9-20(23-15)21(25)17-10-18-13-27-14-19(11-17)24(18)22(26)28-12-16-7-3-2-4-8-16/h2-9,17-19H,10-14H2,1H3. The van der Waals surface area contributed by atoms with Gasteiger partial charge in [0.1, 0.15) is 12.3 Å². The Morgan fingerprint density at radius 1 is 1.07 bits per heavy atom. The third-order valence-electron chi connectivity index (χ3n) is 5.45. The molecule has 28 heavy (non-hydrogen) atoms. The first-order valence-corrected chi connectivity index (χ1v) is 9.66. The lowest BCUT2D eigenvalue weighted by molar-refractivity contribution is -0.0755. The maximum atomic E-state index is 12.9. The van der Waals surface area contributed by atoms with Crippen LogP contribution in [0.4, 0.5) is 4.79 Å². The van der Waals surface area contributed by atoms with Gasteiger partial charge in [-0.05, 0) is 37.5 Å². The summed E-state index contributed by atoms with van der Waals surface area (Å²) in [7, 11) is 0. The maximum absolute atomic E-state index is 12.9. The molecule has 6 heteroatoms.